The van der Waals surface area contributed by atoms with Gasteiger partial charge in [0.25, 0.3) is 5.91 Å². The highest BCUT2D eigenvalue weighted by Gasteiger charge is 2.18. The lowest BCUT2D eigenvalue weighted by molar-refractivity contribution is -0.150. The summed E-state index contributed by atoms with van der Waals surface area (Å²) >= 11 is 0. The number of rotatable bonds is 7. The minimum Gasteiger partial charge on any atom is -0.454 e. The topological polar surface area (TPSA) is 115 Å². The summed E-state index contributed by atoms with van der Waals surface area (Å²) in [6.45, 7) is 1.45. The molecule has 3 N–H and O–H groups in total. The Kier molecular flexibility index (Phi) is 6.51. The third-order valence-corrected chi connectivity index (χ3v) is 4.00. The van der Waals surface area contributed by atoms with Gasteiger partial charge in [0.2, 0.25) is 6.79 Å². The van der Waals surface area contributed by atoms with Crippen molar-refractivity contribution in [2.24, 2.45) is 0 Å². The molecule has 3 rings (SSSR count). The molecule has 0 aliphatic carbocycles. The van der Waals surface area contributed by atoms with Crippen LogP contribution in [0.3, 0.4) is 0 Å². The number of ether oxygens (including phenoxy) is 3. The molecule has 2 aromatic carbocycles. The van der Waals surface area contributed by atoms with Gasteiger partial charge >= 0.3 is 12.0 Å². The van der Waals surface area contributed by atoms with Crippen molar-refractivity contribution in [3.8, 4) is 11.5 Å². The highest BCUT2D eigenvalue weighted by molar-refractivity contribution is 5.92. The molecule has 1 atom stereocenters. The van der Waals surface area contributed by atoms with Crippen LogP contribution < -0.4 is 25.4 Å². The summed E-state index contributed by atoms with van der Waals surface area (Å²) in [5, 5.41) is 7.69. The first-order chi connectivity index (χ1) is 14.0. The number of benzene rings is 2. The van der Waals surface area contributed by atoms with Crippen LogP contribution in [0.5, 0.6) is 11.5 Å². The number of esters is 1. The second-order valence-corrected chi connectivity index (χ2v) is 6.26. The van der Waals surface area contributed by atoms with Crippen molar-refractivity contribution in [1.29, 1.82) is 0 Å². The Morgan fingerprint density at radius 1 is 1.07 bits per heavy atom. The van der Waals surface area contributed by atoms with Crippen LogP contribution in [-0.2, 0) is 20.9 Å². The molecule has 0 saturated heterocycles. The highest BCUT2D eigenvalue weighted by Crippen LogP contribution is 2.32. The van der Waals surface area contributed by atoms with Crippen LogP contribution in [0.1, 0.15) is 12.5 Å². The van der Waals surface area contributed by atoms with Gasteiger partial charge in [-0.3, -0.25) is 4.79 Å². The second kappa shape index (κ2) is 9.45. The van der Waals surface area contributed by atoms with Gasteiger partial charge in [0.05, 0.1) is 0 Å². The SMILES string of the molecule is C[C@H](NC(=O)Nc1ccccc1)C(=O)OCC(=O)NCc1ccc2c(c1)OCO2. The van der Waals surface area contributed by atoms with Crippen molar-refractivity contribution in [2.45, 2.75) is 19.5 Å². The van der Waals surface area contributed by atoms with Crippen molar-refractivity contribution in [3.63, 3.8) is 0 Å². The number of carbonyl (C=O) groups is 3. The Morgan fingerprint density at radius 2 is 1.83 bits per heavy atom. The molecule has 152 valence electrons. The van der Waals surface area contributed by atoms with Gasteiger partial charge < -0.3 is 30.2 Å². The van der Waals surface area contributed by atoms with Crippen molar-refractivity contribution >= 4 is 23.6 Å². The van der Waals surface area contributed by atoms with Crippen LogP contribution in [-0.4, -0.2) is 37.3 Å². The van der Waals surface area contributed by atoms with Gasteiger partial charge in [-0.2, -0.15) is 0 Å². The van der Waals surface area contributed by atoms with Gasteiger partial charge in [-0.25, -0.2) is 9.59 Å². The van der Waals surface area contributed by atoms with Gasteiger partial charge in [0.15, 0.2) is 18.1 Å². The largest absolute Gasteiger partial charge is 0.454 e. The Hall–Kier alpha value is -3.75. The highest BCUT2D eigenvalue weighted by atomic mass is 16.7. The minimum atomic E-state index is -0.916. The monoisotopic (exact) mass is 399 g/mol. The summed E-state index contributed by atoms with van der Waals surface area (Å²) in [6, 6.07) is 12.7. The molecule has 1 heterocycles. The fourth-order valence-electron chi connectivity index (χ4n) is 2.51. The second-order valence-electron chi connectivity index (χ2n) is 6.26. The molecule has 9 heteroatoms. The predicted octanol–water partition coefficient (Wildman–Crippen LogP) is 1.78. The first-order valence-electron chi connectivity index (χ1n) is 8.95. The van der Waals surface area contributed by atoms with Gasteiger partial charge in [-0.1, -0.05) is 24.3 Å². The Bertz CT molecular complexity index is 887. The number of nitrogens with one attached hydrogen (secondary N) is 3. The van der Waals surface area contributed by atoms with E-state index in [9.17, 15) is 14.4 Å². The number of amides is 3. The predicted molar refractivity (Wildman–Crippen MR) is 103 cm³/mol. The maximum absolute atomic E-state index is 12.0. The number of hydrogen-bond acceptors (Lipinski definition) is 6. The molecule has 0 radical (unpaired) electrons. The normalized spacial score (nSPS) is 12.6. The summed E-state index contributed by atoms with van der Waals surface area (Å²) < 4.78 is 15.4. The third kappa shape index (κ3) is 5.86. The molecule has 0 saturated carbocycles. The zero-order valence-electron chi connectivity index (χ0n) is 15.8. The molecule has 0 fully saturated rings. The quantitative estimate of drug-likeness (QED) is 0.612. The van der Waals surface area contributed by atoms with E-state index in [1.165, 1.54) is 6.92 Å². The molecule has 29 heavy (non-hydrogen) atoms. The van der Waals surface area contributed by atoms with Crippen LogP contribution in [0, 0.1) is 0 Å². The molecule has 0 spiro atoms. The van der Waals surface area contributed by atoms with Crippen molar-refractivity contribution in [1.82, 2.24) is 10.6 Å². The molecule has 0 bridgehead atoms. The van der Waals surface area contributed by atoms with Crippen LogP contribution in [0.25, 0.3) is 0 Å². The molecule has 3 amide bonds. The third-order valence-electron chi connectivity index (χ3n) is 4.00. The first kappa shape index (κ1) is 20.0. The zero-order chi connectivity index (χ0) is 20.6. The van der Waals surface area contributed by atoms with E-state index in [0.717, 1.165) is 5.56 Å². The fourth-order valence-corrected chi connectivity index (χ4v) is 2.51. The van der Waals surface area contributed by atoms with Gasteiger partial charge in [-0.15, -0.1) is 0 Å². The number of fused-ring (bicyclic) bond motifs is 1. The zero-order valence-corrected chi connectivity index (χ0v) is 15.8. The van der Waals surface area contributed by atoms with E-state index in [2.05, 4.69) is 16.0 Å². The van der Waals surface area contributed by atoms with Crippen molar-refractivity contribution < 1.29 is 28.6 Å². The average molecular weight is 399 g/mol. The fraction of sp³-hybridized carbons (Fsp3) is 0.250. The van der Waals surface area contributed by atoms with E-state index in [1.807, 2.05) is 6.07 Å². The Morgan fingerprint density at radius 3 is 2.62 bits per heavy atom. The van der Waals surface area contributed by atoms with Crippen LogP contribution >= 0.6 is 0 Å². The number of hydrogen-bond donors (Lipinski definition) is 3. The van der Waals surface area contributed by atoms with E-state index in [4.69, 9.17) is 14.2 Å². The van der Waals surface area contributed by atoms with E-state index >= 15 is 0 Å². The first-order valence-corrected chi connectivity index (χ1v) is 8.95. The number of anilines is 1. The van der Waals surface area contributed by atoms with Crippen LogP contribution in [0.2, 0.25) is 0 Å². The Balaban J connectivity index is 1.36. The Labute approximate surface area is 167 Å². The van der Waals surface area contributed by atoms with Crippen LogP contribution in [0.15, 0.2) is 48.5 Å². The molecule has 1 aliphatic rings. The number of para-hydroxylation sites is 1. The summed E-state index contributed by atoms with van der Waals surface area (Å²) in [5.74, 6) is 0.104. The van der Waals surface area contributed by atoms with Crippen molar-refractivity contribution in [2.75, 3.05) is 18.7 Å². The lowest BCUT2D eigenvalue weighted by Crippen LogP contribution is -2.42. The molecule has 9 nitrogen and oxygen atoms in total. The standard InChI is InChI=1S/C20H21N3O6/c1-13(22-20(26)23-15-5-3-2-4-6-15)19(25)27-11-18(24)21-10-14-7-8-16-17(9-14)29-12-28-16/h2-9,13H,10-12H2,1H3,(H,21,24)(H2,22,23,26)/t13-/m0/s1. The van der Waals surface area contributed by atoms with Gasteiger partial charge in [0.1, 0.15) is 6.04 Å². The molecular weight excluding hydrogens is 378 g/mol. The summed E-state index contributed by atoms with van der Waals surface area (Å²) in [4.78, 5) is 35.7. The number of urea groups is 1. The van der Waals surface area contributed by atoms with E-state index in [-0.39, 0.29) is 13.3 Å². The molecule has 2 aromatic rings. The average Bonchev–Trinajstić information content (AvgIpc) is 3.19. The summed E-state index contributed by atoms with van der Waals surface area (Å²) in [6.07, 6.45) is 0. The number of carbonyl (C=O) groups excluding carboxylic acids is 3. The van der Waals surface area contributed by atoms with Crippen molar-refractivity contribution in [3.05, 3.63) is 54.1 Å². The maximum atomic E-state index is 12.0. The molecule has 0 aromatic heterocycles. The summed E-state index contributed by atoms with van der Waals surface area (Å²) in [5.41, 5.74) is 1.41. The van der Waals surface area contributed by atoms with E-state index < -0.39 is 30.6 Å². The molecular formula is C20H21N3O6. The van der Waals surface area contributed by atoms with Gasteiger partial charge in [0, 0.05) is 12.2 Å². The minimum absolute atomic E-state index is 0.177. The smallest absolute Gasteiger partial charge is 0.328 e. The summed E-state index contributed by atoms with van der Waals surface area (Å²) in [7, 11) is 0. The molecule has 1 aliphatic heterocycles. The van der Waals surface area contributed by atoms with E-state index in [1.54, 1.807) is 42.5 Å². The van der Waals surface area contributed by atoms with Crippen LogP contribution in [0.4, 0.5) is 10.5 Å². The molecule has 0 unspecified atom stereocenters. The van der Waals surface area contributed by atoms with E-state index in [0.29, 0.717) is 17.2 Å². The lowest BCUT2D eigenvalue weighted by atomic mass is 10.2. The van der Waals surface area contributed by atoms with Gasteiger partial charge in [-0.05, 0) is 36.8 Å². The maximum Gasteiger partial charge on any atom is 0.328 e. The lowest BCUT2D eigenvalue weighted by Gasteiger charge is -2.14.